The first-order valence-corrected chi connectivity index (χ1v) is 9.34. The second-order valence-corrected chi connectivity index (χ2v) is 8.77. The van der Waals surface area contributed by atoms with E-state index in [4.69, 9.17) is 4.74 Å². The van der Waals surface area contributed by atoms with E-state index in [1.807, 2.05) is 6.08 Å². The van der Waals surface area contributed by atoms with Crippen LogP contribution in [0.2, 0.25) is 0 Å². The molecule has 4 rings (SSSR count). The van der Waals surface area contributed by atoms with Crippen LogP contribution in [-0.2, 0) is 19.1 Å². The van der Waals surface area contributed by atoms with Crippen molar-refractivity contribution < 1.29 is 24.2 Å². The number of fused-ring (bicyclic) bond motifs is 4. The molecule has 3 unspecified atom stereocenters. The number of ether oxygens (including phenoxy) is 2. The summed E-state index contributed by atoms with van der Waals surface area (Å²) in [7, 11) is 1.41. The zero-order valence-electron chi connectivity index (χ0n) is 15.7. The van der Waals surface area contributed by atoms with Crippen molar-refractivity contribution in [2.24, 2.45) is 22.7 Å². The number of methoxy groups -OCH3 is 1. The van der Waals surface area contributed by atoms with Gasteiger partial charge < -0.3 is 19.4 Å². The molecule has 2 saturated carbocycles. The predicted molar refractivity (Wildman–Crippen MR) is 90.3 cm³/mol. The summed E-state index contributed by atoms with van der Waals surface area (Å²) < 4.78 is 10.2. The monoisotopic (exact) mass is 349 g/mol. The molecule has 3 fully saturated rings. The number of carbonyl (C=O) groups is 2. The van der Waals surface area contributed by atoms with Gasteiger partial charge in [-0.05, 0) is 55.3 Å². The summed E-state index contributed by atoms with van der Waals surface area (Å²) >= 11 is 0. The zero-order valence-corrected chi connectivity index (χ0v) is 15.7. The van der Waals surface area contributed by atoms with Crippen molar-refractivity contribution in [3.05, 3.63) is 11.6 Å². The Labute approximate surface area is 149 Å². The van der Waals surface area contributed by atoms with Crippen LogP contribution in [0.25, 0.3) is 0 Å². The van der Waals surface area contributed by atoms with Crippen LogP contribution >= 0.6 is 0 Å². The average Bonchev–Trinajstić information content (AvgIpc) is 3.12. The van der Waals surface area contributed by atoms with E-state index in [0.29, 0.717) is 17.6 Å². The summed E-state index contributed by atoms with van der Waals surface area (Å²) in [6.07, 6.45) is 8.30. The summed E-state index contributed by atoms with van der Waals surface area (Å²) in [6.45, 7) is 6.66. The Bertz CT molecular complexity index is 590. The Morgan fingerprint density at radius 3 is 2.44 bits per heavy atom. The molecule has 5 heteroatoms. The lowest BCUT2D eigenvalue weighted by atomic mass is 9.71. The summed E-state index contributed by atoms with van der Waals surface area (Å²) in [6, 6.07) is 0. The van der Waals surface area contributed by atoms with Crippen molar-refractivity contribution >= 4 is 11.9 Å². The van der Waals surface area contributed by atoms with Crippen LogP contribution in [0.3, 0.4) is 0 Å². The minimum absolute atomic E-state index is 0.0104. The van der Waals surface area contributed by atoms with Crippen molar-refractivity contribution in [1.82, 2.24) is 0 Å². The molecule has 2 aliphatic carbocycles. The highest BCUT2D eigenvalue weighted by atomic mass is 16.5. The Morgan fingerprint density at radius 2 is 1.96 bits per heavy atom. The number of hydrogen-bond donors (Lipinski definition) is 0. The van der Waals surface area contributed by atoms with Gasteiger partial charge in [-0.2, -0.15) is 0 Å². The molecule has 140 valence electrons. The van der Waals surface area contributed by atoms with E-state index >= 15 is 0 Å². The minimum Gasteiger partial charge on any atom is -0.550 e. The lowest BCUT2D eigenvalue weighted by Crippen LogP contribution is -2.35. The fourth-order valence-electron chi connectivity index (χ4n) is 5.38. The van der Waals surface area contributed by atoms with E-state index in [1.54, 1.807) is 0 Å². The van der Waals surface area contributed by atoms with Crippen molar-refractivity contribution in [2.45, 2.75) is 71.5 Å². The molecule has 4 bridgehead atoms. The molecule has 0 amide bonds. The van der Waals surface area contributed by atoms with Crippen LogP contribution < -0.4 is 5.11 Å². The average molecular weight is 349 g/mol. The van der Waals surface area contributed by atoms with E-state index in [0.717, 1.165) is 32.1 Å². The second kappa shape index (κ2) is 6.42. The summed E-state index contributed by atoms with van der Waals surface area (Å²) in [5.74, 6) is -0.905. The van der Waals surface area contributed by atoms with Gasteiger partial charge >= 0.3 is 5.97 Å². The maximum absolute atomic E-state index is 11.2. The number of rotatable bonds is 2. The largest absolute Gasteiger partial charge is 0.550 e. The van der Waals surface area contributed by atoms with Crippen LogP contribution in [0.5, 0.6) is 0 Å². The standard InChI is InChI=1S/C11H18O2.C9H12O3/c1-10(2)8-4-5-11(10,3)6-7(8)9(12)13;1-11-9(10)7-4-2-6-3-5-8(7)12-6/h7-8H,4-6H2,1-3H3,(H,12,13);4,6,8H,2-3,5H2,1H3/p-1/t7-,8?,11?;6?,8-/m01/s1. The molecule has 5 atom stereocenters. The number of aliphatic carboxylic acids is 1. The molecule has 0 aromatic heterocycles. The summed E-state index contributed by atoms with van der Waals surface area (Å²) in [4.78, 5) is 22.1. The zero-order chi connectivity index (χ0) is 18.4. The highest BCUT2D eigenvalue weighted by molar-refractivity contribution is 5.89. The number of carboxylic acids is 1. The third-order valence-electron chi connectivity index (χ3n) is 7.42. The first-order chi connectivity index (χ1) is 11.7. The first-order valence-electron chi connectivity index (χ1n) is 9.34. The van der Waals surface area contributed by atoms with Gasteiger partial charge in [-0.1, -0.05) is 26.8 Å². The van der Waals surface area contributed by atoms with Crippen molar-refractivity contribution in [2.75, 3.05) is 7.11 Å². The Balaban J connectivity index is 0.000000146. The second-order valence-electron chi connectivity index (χ2n) is 8.77. The number of carboxylic acid groups (broad SMARTS) is 1. The fourth-order valence-corrected chi connectivity index (χ4v) is 5.38. The third kappa shape index (κ3) is 3.01. The van der Waals surface area contributed by atoms with Gasteiger partial charge in [0.1, 0.15) is 0 Å². The molecule has 4 aliphatic rings. The van der Waals surface area contributed by atoms with Gasteiger partial charge in [0.15, 0.2) is 0 Å². The number of esters is 1. The van der Waals surface area contributed by atoms with E-state index < -0.39 is 5.97 Å². The van der Waals surface area contributed by atoms with Gasteiger partial charge in [0, 0.05) is 11.9 Å². The van der Waals surface area contributed by atoms with E-state index in [9.17, 15) is 14.7 Å². The van der Waals surface area contributed by atoms with Gasteiger partial charge in [0.2, 0.25) is 0 Å². The van der Waals surface area contributed by atoms with Gasteiger partial charge in [-0.3, -0.25) is 0 Å². The fraction of sp³-hybridized carbons (Fsp3) is 0.800. The van der Waals surface area contributed by atoms with Crippen LogP contribution in [0, 0.1) is 22.7 Å². The van der Waals surface area contributed by atoms with Crippen LogP contribution in [-0.4, -0.2) is 31.3 Å². The molecule has 2 heterocycles. The molecule has 0 radical (unpaired) electrons. The van der Waals surface area contributed by atoms with Gasteiger partial charge in [-0.15, -0.1) is 0 Å². The highest BCUT2D eigenvalue weighted by Gasteiger charge is 2.60. The highest BCUT2D eigenvalue weighted by Crippen LogP contribution is 2.67. The molecular weight excluding hydrogens is 320 g/mol. The molecule has 0 N–H and O–H groups in total. The normalized spacial score (nSPS) is 40.1. The Morgan fingerprint density at radius 1 is 1.24 bits per heavy atom. The predicted octanol–water partition coefficient (Wildman–Crippen LogP) is 2.24. The van der Waals surface area contributed by atoms with Gasteiger partial charge in [-0.25, -0.2) is 4.79 Å². The molecule has 25 heavy (non-hydrogen) atoms. The topological polar surface area (TPSA) is 75.7 Å². The van der Waals surface area contributed by atoms with Crippen molar-refractivity contribution in [3.8, 4) is 0 Å². The van der Waals surface area contributed by atoms with E-state index in [2.05, 4.69) is 25.5 Å². The smallest absolute Gasteiger partial charge is 0.336 e. The lowest BCUT2D eigenvalue weighted by Gasteiger charge is -2.34. The molecule has 0 aromatic rings. The van der Waals surface area contributed by atoms with E-state index in [-0.39, 0.29) is 28.8 Å². The molecule has 2 aliphatic heterocycles. The van der Waals surface area contributed by atoms with Gasteiger partial charge in [0.25, 0.3) is 0 Å². The van der Waals surface area contributed by atoms with Gasteiger partial charge in [0.05, 0.1) is 24.9 Å². The Hall–Kier alpha value is -1.36. The maximum atomic E-state index is 11.2. The lowest BCUT2D eigenvalue weighted by molar-refractivity contribution is -0.313. The van der Waals surface area contributed by atoms with Crippen LogP contribution in [0.4, 0.5) is 0 Å². The number of hydrogen-bond acceptors (Lipinski definition) is 5. The van der Waals surface area contributed by atoms with Crippen molar-refractivity contribution in [1.29, 1.82) is 0 Å². The molecule has 5 nitrogen and oxygen atoms in total. The summed E-state index contributed by atoms with van der Waals surface area (Å²) in [5, 5.41) is 10.9. The maximum Gasteiger partial charge on any atom is 0.336 e. The van der Waals surface area contributed by atoms with Crippen molar-refractivity contribution in [3.63, 3.8) is 0 Å². The number of carbonyl (C=O) groups excluding carboxylic acids is 2. The first kappa shape index (κ1) is 18.4. The molecule has 1 saturated heterocycles. The van der Waals surface area contributed by atoms with Crippen LogP contribution in [0.1, 0.15) is 59.3 Å². The Kier molecular flexibility index (Phi) is 4.73. The van der Waals surface area contributed by atoms with Crippen LogP contribution in [0.15, 0.2) is 11.6 Å². The molecular formula is C20H29O5-. The SMILES string of the molecule is CC12CCC([C@@H](C(=O)[O-])C1)C2(C)C.COC(=O)C1=CCC2CC[C@H]1O2. The third-order valence-corrected chi connectivity index (χ3v) is 7.42. The minimum atomic E-state index is -0.832. The quantitative estimate of drug-likeness (QED) is 0.715. The van der Waals surface area contributed by atoms with E-state index in [1.165, 1.54) is 13.5 Å². The molecule has 0 aromatic carbocycles. The molecule has 0 spiro atoms. The summed E-state index contributed by atoms with van der Waals surface area (Å²) in [5.41, 5.74) is 1.14.